The van der Waals surface area contributed by atoms with Crippen LogP contribution in [-0.2, 0) is 0 Å². The van der Waals surface area contributed by atoms with Crippen molar-refractivity contribution in [2.45, 2.75) is 59.3 Å². The van der Waals surface area contributed by atoms with E-state index in [4.69, 9.17) is 0 Å². The first-order chi connectivity index (χ1) is 8.02. The van der Waals surface area contributed by atoms with Gasteiger partial charge in [-0.15, -0.1) is 0 Å². The second-order valence-electron chi connectivity index (χ2n) is 8.15. The first-order valence-corrected chi connectivity index (χ1v) is 7.71. The Morgan fingerprint density at radius 3 is 2.47 bits per heavy atom. The van der Waals surface area contributed by atoms with Crippen molar-refractivity contribution in [2.75, 3.05) is 0 Å². The van der Waals surface area contributed by atoms with Gasteiger partial charge >= 0.3 is 0 Å². The Balaban J connectivity index is 1.78. The zero-order chi connectivity index (χ0) is 11.9. The van der Waals surface area contributed by atoms with E-state index in [2.05, 4.69) is 32.9 Å². The molecule has 0 heteroatoms. The van der Waals surface area contributed by atoms with Crippen LogP contribution in [-0.4, -0.2) is 0 Å². The van der Waals surface area contributed by atoms with Gasteiger partial charge < -0.3 is 0 Å². The molecule has 0 N–H and O–H groups in total. The molecule has 4 aliphatic carbocycles. The summed E-state index contributed by atoms with van der Waals surface area (Å²) in [7, 11) is 0. The quantitative estimate of drug-likeness (QED) is 0.567. The molecule has 94 valence electrons. The fraction of sp³-hybridized carbons (Fsp3) is 0.882. The Labute approximate surface area is 106 Å². The van der Waals surface area contributed by atoms with Crippen molar-refractivity contribution < 1.29 is 0 Å². The summed E-state index contributed by atoms with van der Waals surface area (Å²) in [5.74, 6) is 2.95. The monoisotopic (exact) mass is 230 g/mol. The Hall–Kier alpha value is -0.260. The highest BCUT2D eigenvalue weighted by Gasteiger charge is 2.78. The van der Waals surface area contributed by atoms with Gasteiger partial charge in [0.2, 0.25) is 0 Å². The van der Waals surface area contributed by atoms with Crippen molar-refractivity contribution in [1.29, 1.82) is 0 Å². The Morgan fingerprint density at radius 1 is 1.06 bits per heavy atom. The predicted octanol–water partition coefficient (Wildman–Crippen LogP) is 4.81. The molecule has 0 radical (unpaired) electrons. The maximum absolute atomic E-state index is 2.67. The van der Waals surface area contributed by atoms with Gasteiger partial charge in [0, 0.05) is 0 Å². The van der Waals surface area contributed by atoms with Gasteiger partial charge in [0.25, 0.3) is 0 Å². The summed E-state index contributed by atoms with van der Waals surface area (Å²) in [5, 5.41) is 0. The third-order valence-corrected chi connectivity index (χ3v) is 7.31. The molecule has 0 aromatic carbocycles. The van der Waals surface area contributed by atoms with Crippen molar-refractivity contribution in [3.05, 3.63) is 12.2 Å². The molecule has 0 saturated heterocycles. The Kier molecular flexibility index (Phi) is 1.77. The van der Waals surface area contributed by atoms with Crippen molar-refractivity contribution in [2.24, 2.45) is 34.0 Å². The third-order valence-electron chi connectivity index (χ3n) is 7.31. The predicted molar refractivity (Wildman–Crippen MR) is 71.6 cm³/mol. The van der Waals surface area contributed by atoms with Crippen LogP contribution in [0, 0.1) is 34.0 Å². The minimum atomic E-state index is 0.626. The van der Waals surface area contributed by atoms with Gasteiger partial charge in [-0.2, -0.15) is 0 Å². The van der Waals surface area contributed by atoms with Crippen molar-refractivity contribution in [3.8, 4) is 0 Å². The lowest BCUT2D eigenvalue weighted by molar-refractivity contribution is 0.101. The van der Waals surface area contributed by atoms with E-state index < -0.39 is 0 Å². The number of rotatable bonds is 1. The van der Waals surface area contributed by atoms with Gasteiger partial charge in [-0.05, 0) is 66.1 Å². The van der Waals surface area contributed by atoms with Gasteiger partial charge in [-0.3, -0.25) is 0 Å². The molecular weight excluding hydrogens is 204 g/mol. The van der Waals surface area contributed by atoms with E-state index >= 15 is 0 Å². The molecule has 0 aromatic heterocycles. The summed E-state index contributed by atoms with van der Waals surface area (Å²) in [4.78, 5) is 0. The van der Waals surface area contributed by atoms with Crippen LogP contribution in [0.4, 0.5) is 0 Å². The summed E-state index contributed by atoms with van der Waals surface area (Å²) >= 11 is 0. The molecule has 4 rings (SSSR count). The van der Waals surface area contributed by atoms with E-state index in [9.17, 15) is 0 Å². The Bertz CT molecular complexity index is 391. The van der Waals surface area contributed by atoms with Crippen LogP contribution >= 0.6 is 0 Å². The van der Waals surface area contributed by atoms with Crippen LogP contribution in [0.25, 0.3) is 0 Å². The first kappa shape index (κ1) is 10.6. The number of hydrogen-bond acceptors (Lipinski definition) is 0. The van der Waals surface area contributed by atoms with Crippen LogP contribution in [0.5, 0.6) is 0 Å². The van der Waals surface area contributed by atoms with Gasteiger partial charge in [-0.1, -0.05) is 39.3 Å². The molecule has 17 heavy (non-hydrogen) atoms. The highest BCUT2D eigenvalue weighted by atomic mass is 14.8. The van der Waals surface area contributed by atoms with E-state index in [-0.39, 0.29) is 0 Å². The van der Waals surface area contributed by atoms with E-state index in [0.717, 1.165) is 17.8 Å². The molecular formula is C17H26. The van der Waals surface area contributed by atoms with Gasteiger partial charge in [0.05, 0.1) is 0 Å². The zero-order valence-electron chi connectivity index (χ0n) is 11.6. The topological polar surface area (TPSA) is 0 Å². The molecule has 2 bridgehead atoms. The molecule has 5 atom stereocenters. The fourth-order valence-electron chi connectivity index (χ4n) is 6.58. The largest absolute Gasteiger partial charge is 0.0848 e. The van der Waals surface area contributed by atoms with Crippen molar-refractivity contribution in [3.63, 3.8) is 0 Å². The lowest BCUT2D eigenvalue weighted by Gasteiger charge is -2.42. The normalized spacial score (nSPS) is 58.2. The minimum Gasteiger partial charge on any atom is -0.0848 e. The lowest BCUT2D eigenvalue weighted by Crippen LogP contribution is -2.34. The zero-order valence-corrected chi connectivity index (χ0v) is 11.6. The van der Waals surface area contributed by atoms with Crippen LogP contribution in [0.15, 0.2) is 12.2 Å². The highest BCUT2D eigenvalue weighted by molar-refractivity contribution is 5.33. The maximum Gasteiger partial charge on any atom is -0.00478 e. The maximum atomic E-state index is 2.67. The smallest absolute Gasteiger partial charge is 0.00478 e. The number of allylic oxidation sites excluding steroid dienone is 2. The van der Waals surface area contributed by atoms with E-state index in [1.807, 2.05) is 0 Å². The molecule has 5 unspecified atom stereocenters. The van der Waals surface area contributed by atoms with Crippen LogP contribution in [0.3, 0.4) is 0 Å². The third kappa shape index (κ3) is 0.992. The minimum absolute atomic E-state index is 0.626. The van der Waals surface area contributed by atoms with E-state index in [1.54, 1.807) is 0 Å². The van der Waals surface area contributed by atoms with Gasteiger partial charge in [-0.25, -0.2) is 0 Å². The molecule has 0 aliphatic heterocycles. The highest BCUT2D eigenvalue weighted by Crippen LogP contribution is 2.85. The van der Waals surface area contributed by atoms with Crippen LogP contribution < -0.4 is 0 Å². The average molecular weight is 230 g/mol. The molecule has 0 heterocycles. The second-order valence-corrected chi connectivity index (χ2v) is 8.15. The molecule has 0 amide bonds. The van der Waals surface area contributed by atoms with E-state index in [0.29, 0.717) is 16.2 Å². The first-order valence-electron chi connectivity index (χ1n) is 7.71. The summed E-state index contributed by atoms with van der Waals surface area (Å²) < 4.78 is 0. The number of hydrogen-bond donors (Lipinski definition) is 0. The van der Waals surface area contributed by atoms with Crippen LogP contribution in [0.1, 0.15) is 59.3 Å². The van der Waals surface area contributed by atoms with Crippen molar-refractivity contribution in [1.82, 2.24) is 0 Å². The second kappa shape index (κ2) is 2.83. The molecule has 3 fully saturated rings. The molecule has 4 aliphatic rings. The summed E-state index contributed by atoms with van der Waals surface area (Å²) in [6.07, 6.45) is 14.2. The SMILES string of the molecule is CC1CCC2C(C)(C)C2(C23C=CC(CC2)C3)C1. The van der Waals surface area contributed by atoms with E-state index in [1.165, 1.54) is 38.5 Å². The fourth-order valence-corrected chi connectivity index (χ4v) is 6.58. The molecule has 3 saturated carbocycles. The molecule has 0 aromatic rings. The summed E-state index contributed by atoms with van der Waals surface area (Å²) in [5.41, 5.74) is 1.95. The van der Waals surface area contributed by atoms with Crippen LogP contribution in [0.2, 0.25) is 0 Å². The van der Waals surface area contributed by atoms with Gasteiger partial charge in [0.1, 0.15) is 0 Å². The lowest BCUT2D eigenvalue weighted by atomic mass is 9.62. The molecule has 0 spiro atoms. The van der Waals surface area contributed by atoms with Gasteiger partial charge in [0.15, 0.2) is 0 Å². The summed E-state index contributed by atoms with van der Waals surface area (Å²) in [6.45, 7) is 7.64. The Morgan fingerprint density at radius 2 is 1.88 bits per heavy atom. The average Bonchev–Trinajstić information content (AvgIpc) is 2.71. The number of fused-ring (bicyclic) bond motifs is 4. The molecule has 0 nitrogen and oxygen atoms in total. The van der Waals surface area contributed by atoms with Crippen molar-refractivity contribution >= 4 is 0 Å². The standard InChI is InChI=1S/C17H26/c1-12-4-5-14-15(2,3)17(14,10-12)16-8-6-13(11-16)7-9-16/h6,8,12-14H,4-5,7,9-11H2,1-3H3. The summed E-state index contributed by atoms with van der Waals surface area (Å²) in [6, 6.07) is 0.